The monoisotopic (exact) mass is 189 g/mol. The van der Waals surface area contributed by atoms with E-state index in [0.29, 0.717) is 6.42 Å². The van der Waals surface area contributed by atoms with E-state index in [0.717, 1.165) is 5.56 Å². The molecule has 0 amide bonds. The first-order valence-electron chi connectivity index (χ1n) is 3.38. The molecule has 0 aromatic carbocycles. The van der Waals surface area contributed by atoms with E-state index in [1.54, 1.807) is 24.5 Å². The zero-order valence-corrected chi connectivity index (χ0v) is 10.1. The first kappa shape index (κ1) is 12.3. The van der Waals surface area contributed by atoms with E-state index in [4.69, 9.17) is 0 Å². The summed E-state index contributed by atoms with van der Waals surface area (Å²) >= 11 is 0. The van der Waals surface area contributed by atoms with Gasteiger partial charge in [0.2, 0.25) is 0 Å². The number of carbonyl (C=O) groups excluding carboxylic acids is 1. The molecule has 1 aromatic rings. The van der Waals surface area contributed by atoms with Crippen LogP contribution < -0.4 is 56.5 Å². The summed E-state index contributed by atoms with van der Waals surface area (Å²) in [5.74, 6) is -1.01. The smallest absolute Gasteiger partial charge is 0.550 e. The Kier molecular flexibility index (Phi) is 6.88. The number of aryl methyl sites for hydroxylation is 1. The van der Waals surface area contributed by atoms with Crippen molar-refractivity contribution in [3.8, 4) is 0 Å². The van der Waals surface area contributed by atoms with Gasteiger partial charge in [0.05, 0.1) is 0 Å². The number of rotatable bonds is 3. The number of pyridine rings is 1. The first-order chi connectivity index (χ1) is 5.29. The molecule has 58 valence electrons. The second kappa shape index (κ2) is 6.74. The summed E-state index contributed by atoms with van der Waals surface area (Å²) in [4.78, 5) is 13.9. The summed E-state index contributed by atoms with van der Waals surface area (Å²) < 4.78 is 0. The molecule has 12 heavy (non-hydrogen) atoms. The molecule has 0 N–H and O–H groups in total. The van der Waals surface area contributed by atoms with Crippen LogP contribution in [-0.4, -0.2) is 11.0 Å². The molecule has 0 spiro atoms. The zero-order valence-electron chi connectivity index (χ0n) is 6.99. The number of nitrogens with zero attached hydrogens (tertiary/aromatic N) is 1. The van der Waals surface area contributed by atoms with Crippen molar-refractivity contribution < 1.29 is 61.3 Å². The SMILES string of the molecule is O=C([O-])CCc1ccncc1.[K+]. The maximum atomic E-state index is 10.0. The molecular weight excluding hydrogens is 181 g/mol. The van der Waals surface area contributed by atoms with Gasteiger partial charge >= 0.3 is 51.4 Å². The van der Waals surface area contributed by atoms with Crippen LogP contribution in [0.15, 0.2) is 24.5 Å². The van der Waals surface area contributed by atoms with Crippen LogP contribution in [0.4, 0.5) is 0 Å². The van der Waals surface area contributed by atoms with E-state index in [-0.39, 0.29) is 57.8 Å². The Balaban J connectivity index is 0.00000121. The van der Waals surface area contributed by atoms with Crippen molar-refractivity contribution in [3.63, 3.8) is 0 Å². The second-order valence-electron chi connectivity index (χ2n) is 2.23. The second-order valence-corrected chi connectivity index (χ2v) is 2.23. The molecule has 0 atom stereocenters. The molecule has 0 aliphatic rings. The molecule has 0 bridgehead atoms. The van der Waals surface area contributed by atoms with Crippen LogP contribution in [0.5, 0.6) is 0 Å². The molecule has 0 fully saturated rings. The van der Waals surface area contributed by atoms with Gasteiger partial charge in [0.25, 0.3) is 0 Å². The molecule has 0 aliphatic heterocycles. The van der Waals surface area contributed by atoms with Crippen molar-refractivity contribution in [1.82, 2.24) is 4.98 Å². The Morgan fingerprint density at radius 3 is 2.50 bits per heavy atom. The zero-order chi connectivity index (χ0) is 8.10. The van der Waals surface area contributed by atoms with E-state index in [9.17, 15) is 9.90 Å². The molecule has 1 rings (SSSR count). The number of aliphatic carboxylic acids is 1. The Bertz CT molecular complexity index is 238. The standard InChI is InChI=1S/C8H9NO2.K/c10-8(11)2-1-7-3-5-9-6-4-7;/h3-6H,1-2H2,(H,10,11);/q;+1/p-1. The van der Waals surface area contributed by atoms with Crippen LogP contribution in [0.2, 0.25) is 0 Å². The van der Waals surface area contributed by atoms with Gasteiger partial charge in [-0.2, -0.15) is 0 Å². The number of hydrogen-bond acceptors (Lipinski definition) is 3. The molecular formula is C8H8KNO2. The Hall–Kier alpha value is 0.256. The third kappa shape index (κ3) is 5.00. The minimum Gasteiger partial charge on any atom is -0.550 e. The van der Waals surface area contributed by atoms with Gasteiger partial charge < -0.3 is 9.90 Å². The van der Waals surface area contributed by atoms with Crippen LogP contribution in [0.3, 0.4) is 0 Å². The van der Waals surface area contributed by atoms with Gasteiger partial charge in [0.1, 0.15) is 0 Å². The average Bonchev–Trinajstić information content (AvgIpc) is 2.03. The van der Waals surface area contributed by atoms with Gasteiger partial charge in [-0.3, -0.25) is 4.98 Å². The summed E-state index contributed by atoms with van der Waals surface area (Å²) in [6, 6.07) is 3.59. The topological polar surface area (TPSA) is 53.0 Å². The molecule has 3 nitrogen and oxygen atoms in total. The van der Waals surface area contributed by atoms with Crippen molar-refractivity contribution in [2.24, 2.45) is 0 Å². The third-order valence-electron chi connectivity index (χ3n) is 1.37. The van der Waals surface area contributed by atoms with Crippen molar-refractivity contribution >= 4 is 5.97 Å². The number of carboxylic acid groups (broad SMARTS) is 1. The maximum Gasteiger partial charge on any atom is 1.00 e. The normalized spacial score (nSPS) is 8.67. The van der Waals surface area contributed by atoms with E-state index in [2.05, 4.69) is 4.98 Å². The molecule has 1 aromatic heterocycles. The predicted molar refractivity (Wildman–Crippen MR) is 37.6 cm³/mol. The van der Waals surface area contributed by atoms with Crippen molar-refractivity contribution in [1.29, 1.82) is 0 Å². The molecule has 0 aliphatic carbocycles. The summed E-state index contributed by atoms with van der Waals surface area (Å²) in [6.07, 6.45) is 3.88. The summed E-state index contributed by atoms with van der Waals surface area (Å²) in [7, 11) is 0. The Morgan fingerprint density at radius 2 is 2.00 bits per heavy atom. The Morgan fingerprint density at radius 1 is 1.42 bits per heavy atom. The van der Waals surface area contributed by atoms with Crippen LogP contribution >= 0.6 is 0 Å². The first-order valence-corrected chi connectivity index (χ1v) is 3.38. The van der Waals surface area contributed by atoms with Gasteiger partial charge in [-0.05, 0) is 30.5 Å². The van der Waals surface area contributed by atoms with E-state index < -0.39 is 5.97 Å². The largest absolute Gasteiger partial charge is 1.00 e. The molecule has 0 saturated heterocycles. The number of aromatic nitrogens is 1. The average molecular weight is 189 g/mol. The number of hydrogen-bond donors (Lipinski definition) is 0. The van der Waals surface area contributed by atoms with Crippen LogP contribution in [0, 0.1) is 0 Å². The summed E-state index contributed by atoms with van der Waals surface area (Å²) in [6.45, 7) is 0. The van der Waals surface area contributed by atoms with Gasteiger partial charge in [-0.25, -0.2) is 0 Å². The van der Waals surface area contributed by atoms with Crippen molar-refractivity contribution in [2.75, 3.05) is 0 Å². The van der Waals surface area contributed by atoms with Gasteiger partial charge in [0, 0.05) is 18.4 Å². The van der Waals surface area contributed by atoms with E-state index in [1.165, 1.54) is 0 Å². The van der Waals surface area contributed by atoms with Gasteiger partial charge in [-0.1, -0.05) is 0 Å². The molecule has 4 heteroatoms. The minimum absolute atomic E-state index is 0. The van der Waals surface area contributed by atoms with Gasteiger partial charge in [0.15, 0.2) is 0 Å². The summed E-state index contributed by atoms with van der Waals surface area (Å²) in [5, 5.41) is 10.0. The quantitative estimate of drug-likeness (QED) is 0.470. The van der Waals surface area contributed by atoms with Crippen molar-refractivity contribution in [2.45, 2.75) is 12.8 Å². The fourth-order valence-corrected chi connectivity index (χ4v) is 0.796. The van der Waals surface area contributed by atoms with Crippen LogP contribution in [0.1, 0.15) is 12.0 Å². The third-order valence-corrected chi connectivity index (χ3v) is 1.37. The van der Waals surface area contributed by atoms with Crippen LogP contribution in [-0.2, 0) is 11.2 Å². The molecule has 0 radical (unpaired) electrons. The fraction of sp³-hybridized carbons (Fsp3) is 0.250. The van der Waals surface area contributed by atoms with E-state index in [1.807, 2.05) is 0 Å². The van der Waals surface area contributed by atoms with E-state index >= 15 is 0 Å². The van der Waals surface area contributed by atoms with Gasteiger partial charge in [-0.15, -0.1) is 0 Å². The summed E-state index contributed by atoms with van der Waals surface area (Å²) in [5.41, 5.74) is 0.976. The number of carboxylic acids is 1. The fourth-order valence-electron chi connectivity index (χ4n) is 0.796. The molecule has 1 heterocycles. The minimum atomic E-state index is -1.01. The number of carbonyl (C=O) groups is 1. The maximum absolute atomic E-state index is 10.0. The Labute approximate surface area is 114 Å². The molecule has 0 unspecified atom stereocenters. The van der Waals surface area contributed by atoms with Crippen molar-refractivity contribution in [3.05, 3.63) is 30.1 Å². The predicted octanol–water partition coefficient (Wildman–Crippen LogP) is -3.23. The molecule has 0 saturated carbocycles. The van der Waals surface area contributed by atoms with Crippen LogP contribution in [0.25, 0.3) is 0 Å².